The smallest absolute Gasteiger partial charge is 0.0547 e. The lowest BCUT2D eigenvalue weighted by Crippen LogP contribution is -2.01. The lowest BCUT2D eigenvalue weighted by molar-refractivity contribution is 1.14. The summed E-state index contributed by atoms with van der Waals surface area (Å²) in [4.78, 5) is 1.35. The van der Waals surface area contributed by atoms with Crippen molar-refractivity contribution in [3.05, 3.63) is 212 Å². The van der Waals surface area contributed by atoms with E-state index in [1.54, 1.807) is 0 Å². The van der Waals surface area contributed by atoms with Gasteiger partial charge < -0.3 is 9.13 Å². The zero-order chi connectivity index (χ0) is 38.9. The average molecular weight is 771 g/mol. The van der Waals surface area contributed by atoms with Crippen LogP contribution in [-0.4, -0.2) is 14.9 Å². The van der Waals surface area contributed by atoms with Crippen LogP contribution in [0.5, 0.6) is 0 Å². The Morgan fingerprint density at radius 3 is 1.51 bits per heavy atom. The van der Waals surface area contributed by atoms with E-state index in [2.05, 4.69) is 215 Å². The fourth-order valence-electron chi connectivity index (χ4n) is 9.72. The van der Waals surface area contributed by atoms with Crippen molar-refractivity contribution in [2.45, 2.75) is 11.3 Å². The normalized spacial score (nSPS) is 12.5. The van der Waals surface area contributed by atoms with Crippen molar-refractivity contribution in [3.63, 3.8) is 0 Å². The van der Waals surface area contributed by atoms with E-state index in [1.165, 1.54) is 110 Å². The minimum Gasteiger partial charge on any atom is -0.309 e. The third-order valence-electron chi connectivity index (χ3n) is 12.3. The summed E-state index contributed by atoms with van der Waals surface area (Å²) < 4.78 is 4.93. The van der Waals surface area contributed by atoms with Gasteiger partial charge in [-0.25, -0.2) is 0 Å². The molecule has 0 saturated carbocycles. The predicted molar refractivity (Wildman–Crippen MR) is 251 cm³/mol. The molecule has 3 heteroatoms. The Hall–Kier alpha value is -7.07. The Labute approximate surface area is 347 Å². The van der Waals surface area contributed by atoms with Gasteiger partial charge in [0.1, 0.15) is 0 Å². The van der Waals surface area contributed by atoms with E-state index in [-0.39, 0.29) is 0 Å². The van der Waals surface area contributed by atoms with Gasteiger partial charge in [0.15, 0.2) is 0 Å². The topological polar surface area (TPSA) is 9.86 Å². The molecule has 59 heavy (non-hydrogen) atoms. The number of hydrogen-bond donors (Lipinski definition) is 0. The molecule has 3 heterocycles. The number of rotatable bonds is 5. The third kappa shape index (κ3) is 5.42. The highest BCUT2D eigenvalue weighted by molar-refractivity contribution is 7.99. The first-order chi connectivity index (χ1) is 29.3. The van der Waals surface area contributed by atoms with Crippen molar-refractivity contribution in [1.29, 1.82) is 0 Å². The van der Waals surface area contributed by atoms with E-state index in [9.17, 15) is 0 Å². The molecular weight excluding hydrogens is 733 g/mol. The molecule has 1 aliphatic heterocycles. The van der Waals surface area contributed by atoms with Gasteiger partial charge in [0.25, 0.3) is 0 Å². The first-order valence-electron chi connectivity index (χ1n) is 20.5. The van der Waals surface area contributed by atoms with Crippen molar-refractivity contribution < 1.29 is 0 Å². The Bertz CT molecular complexity index is 3390. The van der Waals surface area contributed by atoms with Gasteiger partial charge in [-0.2, -0.15) is 0 Å². The standard InChI is InChI=1S/C56H38N2S/c1-3-15-37(16-4-1)38-29-31-39(32-30-38)48-35-41(36-49-42(48)33-34-59-54-28-12-9-19-43(49)54)58-51-25-11-8-21-47(51)56-45(23-14-27-53(56)58)44-22-13-26-52-55(44)46-20-7-10-24-50(46)57(52)40-17-5-2-6-18-40/h1-32,35-36H,33-34H2. The van der Waals surface area contributed by atoms with Crippen LogP contribution in [0.25, 0.3) is 99.5 Å². The number of aromatic nitrogens is 2. The van der Waals surface area contributed by atoms with E-state index < -0.39 is 0 Å². The van der Waals surface area contributed by atoms with E-state index in [0.29, 0.717) is 0 Å². The number of thioether (sulfide) groups is 1. The summed E-state index contributed by atoms with van der Waals surface area (Å²) in [5.41, 5.74) is 18.7. The quantitative estimate of drug-likeness (QED) is 0.169. The molecule has 0 spiro atoms. The molecule has 0 fully saturated rings. The summed E-state index contributed by atoms with van der Waals surface area (Å²) in [7, 11) is 0. The van der Waals surface area contributed by atoms with Gasteiger partial charge in [-0.1, -0.05) is 152 Å². The fraction of sp³-hybridized carbons (Fsp3) is 0.0357. The SMILES string of the molecule is c1ccc(-c2ccc(-c3cc(-n4c5ccccc5c5c(-c6cccc7c6c6ccccc6n7-c6ccccc6)cccc54)cc4c3CCSc3ccccc3-4)cc2)cc1. The fourth-order valence-corrected chi connectivity index (χ4v) is 10.8. The van der Waals surface area contributed by atoms with E-state index in [0.717, 1.165) is 12.2 Å². The Balaban J connectivity index is 1.13. The molecule has 0 saturated heterocycles. The summed E-state index contributed by atoms with van der Waals surface area (Å²) >= 11 is 1.97. The maximum absolute atomic E-state index is 2.52. The molecule has 0 aliphatic carbocycles. The largest absolute Gasteiger partial charge is 0.309 e. The minimum absolute atomic E-state index is 1.00. The van der Waals surface area contributed by atoms with Crippen molar-refractivity contribution in [1.82, 2.24) is 9.13 Å². The molecule has 278 valence electrons. The summed E-state index contributed by atoms with van der Waals surface area (Å²) in [5.74, 6) is 1.05. The zero-order valence-corrected chi connectivity index (χ0v) is 33.2. The van der Waals surface area contributed by atoms with Crippen LogP contribution in [0, 0.1) is 0 Å². The highest BCUT2D eigenvalue weighted by Gasteiger charge is 2.24. The van der Waals surface area contributed by atoms with Gasteiger partial charge in [0.2, 0.25) is 0 Å². The lowest BCUT2D eigenvalue weighted by Gasteiger charge is -2.19. The number of nitrogens with zero attached hydrogens (tertiary/aromatic N) is 2. The van der Waals surface area contributed by atoms with E-state index in [4.69, 9.17) is 0 Å². The van der Waals surface area contributed by atoms with Crippen LogP contribution in [0.2, 0.25) is 0 Å². The number of para-hydroxylation sites is 3. The first-order valence-corrected chi connectivity index (χ1v) is 21.4. The maximum Gasteiger partial charge on any atom is 0.0547 e. The second kappa shape index (κ2) is 13.8. The van der Waals surface area contributed by atoms with E-state index in [1.807, 2.05) is 11.8 Å². The average Bonchev–Trinajstić information content (AvgIpc) is 3.76. The molecule has 11 aromatic rings. The monoisotopic (exact) mass is 770 g/mol. The van der Waals surface area contributed by atoms with Crippen LogP contribution < -0.4 is 0 Å². The minimum atomic E-state index is 1.00. The molecule has 0 bridgehead atoms. The molecule has 0 N–H and O–H groups in total. The molecule has 2 nitrogen and oxygen atoms in total. The maximum atomic E-state index is 2.52. The van der Waals surface area contributed by atoms with E-state index >= 15 is 0 Å². The number of fused-ring (bicyclic) bond motifs is 9. The number of benzene rings is 9. The van der Waals surface area contributed by atoms with Gasteiger partial charge in [0.05, 0.1) is 22.1 Å². The van der Waals surface area contributed by atoms with Crippen LogP contribution in [0.1, 0.15) is 5.56 Å². The van der Waals surface area contributed by atoms with Gasteiger partial charge in [-0.05, 0) is 111 Å². The molecule has 1 aliphatic rings. The van der Waals surface area contributed by atoms with Gasteiger partial charge in [-0.3, -0.25) is 0 Å². The number of hydrogen-bond acceptors (Lipinski definition) is 1. The molecular formula is C56H38N2S. The predicted octanol–water partition coefficient (Wildman–Crippen LogP) is 15.2. The molecule has 2 aromatic heterocycles. The lowest BCUT2D eigenvalue weighted by atomic mass is 9.89. The van der Waals surface area contributed by atoms with Crippen LogP contribution in [0.3, 0.4) is 0 Å². The van der Waals surface area contributed by atoms with Crippen LogP contribution in [0.4, 0.5) is 0 Å². The summed E-state index contributed by atoms with van der Waals surface area (Å²) in [5, 5.41) is 5.05. The molecule has 0 atom stereocenters. The Morgan fingerprint density at radius 2 is 0.831 bits per heavy atom. The third-order valence-corrected chi connectivity index (χ3v) is 13.4. The Morgan fingerprint density at radius 1 is 0.339 bits per heavy atom. The van der Waals surface area contributed by atoms with Crippen LogP contribution >= 0.6 is 11.8 Å². The van der Waals surface area contributed by atoms with Crippen LogP contribution in [0.15, 0.2) is 211 Å². The second-order valence-electron chi connectivity index (χ2n) is 15.5. The van der Waals surface area contributed by atoms with Gasteiger partial charge in [0, 0.05) is 43.6 Å². The summed E-state index contributed by atoms with van der Waals surface area (Å²) in [6.45, 7) is 0. The second-order valence-corrected chi connectivity index (χ2v) is 16.6. The molecule has 0 radical (unpaired) electrons. The van der Waals surface area contributed by atoms with Gasteiger partial charge in [-0.15, -0.1) is 11.8 Å². The van der Waals surface area contributed by atoms with Crippen molar-refractivity contribution in [2.75, 3.05) is 5.75 Å². The first kappa shape index (κ1) is 34.0. The Kier molecular flexibility index (Phi) is 7.95. The summed E-state index contributed by atoms with van der Waals surface area (Å²) in [6.07, 6.45) is 1.00. The molecule has 0 unspecified atom stereocenters. The van der Waals surface area contributed by atoms with Crippen molar-refractivity contribution in [2.24, 2.45) is 0 Å². The molecule has 9 aromatic carbocycles. The summed E-state index contributed by atoms with van der Waals surface area (Å²) in [6, 6.07) is 76.1. The van der Waals surface area contributed by atoms with Gasteiger partial charge >= 0.3 is 0 Å². The highest BCUT2D eigenvalue weighted by atomic mass is 32.2. The molecule has 0 amide bonds. The zero-order valence-electron chi connectivity index (χ0n) is 32.3. The van der Waals surface area contributed by atoms with Crippen molar-refractivity contribution >= 4 is 55.4 Å². The van der Waals surface area contributed by atoms with Crippen LogP contribution in [-0.2, 0) is 6.42 Å². The van der Waals surface area contributed by atoms with Crippen molar-refractivity contribution in [3.8, 4) is 55.9 Å². The molecule has 12 rings (SSSR count). The highest BCUT2D eigenvalue weighted by Crippen LogP contribution is 2.47.